The van der Waals surface area contributed by atoms with E-state index in [9.17, 15) is 10.2 Å². The van der Waals surface area contributed by atoms with Crippen molar-refractivity contribution >= 4 is 12.4 Å². The van der Waals surface area contributed by atoms with Crippen LogP contribution < -0.4 is 0 Å². The zero-order valence-corrected chi connectivity index (χ0v) is 26.3. The maximum absolute atomic E-state index is 11.0. The van der Waals surface area contributed by atoms with Gasteiger partial charge in [0.15, 0.2) is 0 Å². The second kappa shape index (κ2) is 12.8. The fraction of sp³-hybridized carbons (Fsp3) is 0.350. The van der Waals surface area contributed by atoms with Crippen LogP contribution in [0, 0.1) is 0 Å². The van der Waals surface area contributed by atoms with E-state index in [0.29, 0.717) is 19.0 Å². The van der Waals surface area contributed by atoms with E-state index < -0.39 is 0 Å². The summed E-state index contributed by atoms with van der Waals surface area (Å²) in [6.07, 6.45) is 11.3. The first kappa shape index (κ1) is 29.9. The summed E-state index contributed by atoms with van der Waals surface area (Å²) in [7, 11) is 0. The molecule has 226 valence electrons. The number of fused-ring (bicyclic) bond motifs is 6. The van der Waals surface area contributed by atoms with Crippen molar-refractivity contribution < 1.29 is 10.2 Å². The van der Waals surface area contributed by atoms with E-state index in [1.807, 2.05) is 18.3 Å². The minimum absolute atomic E-state index is 0.00729. The molecule has 2 aliphatic rings. The van der Waals surface area contributed by atoms with Crippen molar-refractivity contribution in [2.75, 3.05) is 13.1 Å². The number of phenolic OH excluding ortho intramolecular Hbond substituents is 2. The molecule has 0 unspecified atom stereocenters. The lowest BCUT2D eigenvalue weighted by atomic mass is 9.70. The van der Waals surface area contributed by atoms with E-state index in [-0.39, 0.29) is 16.9 Å². The van der Waals surface area contributed by atoms with E-state index in [1.54, 1.807) is 6.21 Å². The third-order valence-electron chi connectivity index (χ3n) is 9.75. The average molecular weight is 585 g/mol. The molecule has 1 atom stereocenters. The Morgan fingerprint density at radius 1 is 0.636 bits per heavy atom. The molecule has 0 saturated heterocycles. The van der Waals surface area contributed by atoms with Crippen LogP contribution in [0.5, 0.6) is 11.5 Å². The maximum Gasteiger partial charge on any atom is 0.124 e. The number of unbranched alkanes of at least 4 members (excludes halogenated alkanes) is 2. The lowest BCUT2D eigenvalue weighted by Crippen LogP contribution is -2.25. The lowest BCUT2D eigenvalue weighted by molar-refractivity contribution is 0.413. The van der Waals surface area contributed by atoms with Gasteiger partial charge < -0.3 is 10.2 Å². The van der Waals surface area contributed by atoms with Crippen LogP contribution in [0.3, 0.4) is 0 Å². The summed E-state index contributed by atoms with van der Waals surface area (Å²) in [5, 5.41) is 21.7. The highest BCUT2D eigenvalue weighted by Crippen LogP contribution is 2.55. The molecule has 0 aliphatic heterocycles. The zero-order valence-electron chi connectivity index (χ0n) is 26.3. The summed E-state index contributed by atoms with van der Waals surface area (Å²) < 4.78 is 0. The van der Waals surface area contributed by atoms with Crippen molar-refractivity contribution in [2.24, 2.45) is 9.98 Å². The minimum atomic E-state index is -0.00729. The van der Waals surface area contributed by atoms with Crippen molar-refractivity contribution in [3.63, 3.8) is 0 Å². The van der Waals surface area contributed by atoms with E-state index in [1.165, 1.54) is 64.6 Å². The fourth-order valence-corrected chi connectivity index (χ4v) is 7.41. The van der Waals surface area contributed by atoms with Gasteiger partial charge in [-0.15, -0.1) is 0 Å². The van der Waals surface area contributed by atoms with E-state index in [0.717, 1.165) is 36.0 Å². The Balaban J connectivity index is 1.14. The van der Waals surface area contributed by atoms with Crippen LogP contribution in [0.25, 0.3) is 22.3 Å². The molecule has 4 heteroatoms. The number of nitrogens with zero attached hydrogens (tertiary/aromatic N) is 2. The standard InChI is InChI=1S/C40H44N2O2/c1-4-6-17-40(18-7-5-2)36-16-11-10-15-32(36)35-24-39(44)29(22-37(35)40)26-42-20-12-19-41-25-28-21-33-27(3)30-13-8-9-14-31(30)34(33)23-38(28)43/h8-11,13-16,21-27,43-44H,4-7,12,17-20H2,1-3H3/b41-25+,42-26+/t27-/m1/s1. The van der Waals surface area contributed by atoms with E-state index in [2.05, 4.69) is 91.4 Å². The molecular formula is C40H44N2O2. The van der Waals surface area contributed by atoms with Gasteiger partial charge in [-0.1, -0.05) is 95.0 Å². The summed E-state index contributed by atoms with van der Waals surface area (Å²) in [6.45, 7) is 7.99. The van der Waals surface area contributed by atoms with Crippen molar-refractivity contribution in [3.05, 3.63) is 106 Å². The first-order valence-corrected chi connectivity index (χ1v) is 16.4. The molecule has 4 aromatic carbocycles. The summed E-state index contributed by atoms with van der Waals surface area (Å²) in [5.74, 6) is 0.847. The number of hydrogen-bond acceptors (Lipinski definition) is 4. The number of hydrogen-bond donors (Lipinski definition) is 2. The van der Waals surface area contributed by atoms with Gasteiger partial charge in [0.2, 0.25) is 0 Å². The van der Waals surface area contributed by atoms with Crippen molar-refractivity contribution in [1.29, 1.82) is 0 Å². The Morgan fingerprint density at radius 2 is 1.23 bits per heavy atom. The summed E-state index contributed by atoms with van der Waals surface area (Å²) >= 11 is 0. The van der Waals surface area contributed by atoms with Crippen LogP contribution in [0.1, 0.15) is 105 Å². The summed E-state index contributed by atoms with van der Waals surface area (Å²) in [5.41, 5.74) is 11.6. The summed E-state index contributed by atoms with van der Waals surface area (Å²) in [6, 6.07) is 25.3. The van der Waals surface area contributed by atoms with Crippen LogP contribution in [0.4, 0.5) is 0 Å². The molecule has 0 saturated carbocycles. The SMILES string of the molecule is CCCCC1(CCCC)c2ccccc2-c2cc(O)c(/C=N/CCC/N=C/c3cc4c(cc3O)-c3ccccc3[C@H]4C)cc21. The van der Waals surface area contributed by atoms with Gasteiger partial charge in [0.1, 0.15) is 11.5 Å². The molecule has 0 heterocycles. The van der Waals surface area contributed by atoms with Crippen molar-refractivity contribution in [2.45, 2.75) is 77.0 Å². The number of rotatable bonds is 12. The topological polar surface area (TPSA) is 65.2 Å². The van der Waals surface area contributed by atoms with E-state index >= 15 is 0 Å². The highest BCUT2D eigenvalue weighted by molar-refractivity contribution is 5.91. The molecule has 2 N–H and O–H groups in total. The van der Waals surface area contributed by atoms with Gasteiger partial charge in [-0.2, -0.15) is 0 Å². The van der Waals surface area contributed by atoms with Gasteiger partial charge in [-0.25, -0.2) is 0 Å². The zero-order chi connectivity index (χ0) is 30.7. The van der Waals surface area contributed by atoms with E-state index in [4.69, 9.17) is 0 Å². The van der Waals surface area contributed by atoms with Crippen LogP contribution in [0.2, 0.25) is 0 Å². The Bertz CT molecular complexity index is 1710. The van der Waals surface area contributed by atoms with Gasteiger partial charge in [-0.3, -0.25) is 9.98 Å². The Hall–Kier alpha value is -4.18. The fourth-order valence-electron chi connectivity index (χ4n) is 7.41. The first-order valence-electron chi connectivity index (χ1n) is 16.4. The Morgan fingerprint density at radius 3 is 1.91 bits per heavy atom. The molecule has 0 spiro atoms. The number of aromatic hydroxyl groups is 2. The van der Waals surface area contributed by atoms with Crippen LogP contribution >= 0.6 is 0 Å². The van der Waals surface area contributed by atoms with Crippen LogP contribution in [0.15, 0.2) is 82.8 Å². The predicted octanol–water partition coefficient (Wildman–Crippen LogP) is 9.80. The lowest BCUT2D eigenvalue weighted by Gasteiger charge is -2.33. The van der Waals surface area contributed by atoms with Crippen LogP contribution in [-0.4, -0.2) is 35.7 Å². The second-order valence-electron chi connectivity index (χ2n) is 12.5. The molecule has 44 heavy (non-hydrogen) atoms. The monoisotopic (exact) mass is 584 g/mol. The molecule has 0 aromatic heterocycles. The molecule has 0 bridgehead atoms. The maximum atomic E-state index is 11.0. The second-order valence-corrected chi connectivity index (χ2v) is 12.5. The number of aliphatic imine (C=N–C) groups is 2. The highest BCUT2D eigenvalue weighted by atomic mass is 16.3. The molecule has 4 nitrogen and oxygen atoms in total. The molecule has 4 aromatic rings. The van der Waals surface area contributed by atoms with Crippen molar-refractivity contribution in [1.82, 2.24) is 0 Å². The third kappa shape index (κ3) is 5.36. The first-order chi connectivity index (χ1) is 21.5. The molecule has 0 fully saturated rings. The van der Waals surface area contributed by atoms with Gasteiger partial charge in [0.25, 0.3) is 0 Å². The smallest absolute Gasteiger partial charge is 0.124 e. The van der Waals surface area contributed by atoms with Crippen molar-refractivity contribution in [3.8, 4) is 33.8 Å². The van der Waals surface area contributed by atoms with Crippen LogP contribution in [-0.2, 0) is 5.41 Å². The largest absolute Gasteiger partial charge is 0.507 e. The molecule has 6 rings (SSSR count). The predicted molar refractivity (Wildman–Crippen MR) is 184 cm³/mol. The minimum Gasteiger partial charge on any atom is -0.507 e. The Kier molecular flexibility index (Phi) is 8.70. The highest BCUT2D eigenvalue weighted by Gasteiger charge is 2.42. The molecule has 0 amide bonds. The van der Waals surface area contributed by atoms with Gasteiger partial charge in [0, 0.05) is 48.0 Å². The van der Waals surface area contributed by atoms with Gasteiger partial charge in [0.05, 0.1) is 0 Å². The number of benzene rings is 4. The van der Waals surface area contributed by atoms with Gasteiger partial charge >= 0.3 is 0 Å². The molecular weight excluding hydrogens is 540 g/mol. The normalized spacial score (nSPS) is 15.9. The number of phenols is 2. The molecule has 0 radical (unpaired) electrons. The summed E-state index contributed by atoms with van der Waals surface area (Å²) in [4.78, 5) is 9.29. The average Bonchev–Trinajstić information content (AvgIpc) is 3.46. The molecule has 2 aliphatic carbocycles. The third-order valence-corrected chi connectivity index (χ3v) is 9.75. The van der Waals surface area contributed by atoms with Gasteiger partial charge in [-0.05, 0) is 88.0 Å². The Labute approximate surface area is 262 Å². The quantitative estimate of drug-likeness (QED) is 0.129.